The van der Waals surface area contributed by atoms with E-state index < -0.39 is 0 Å². The van der Waals surface area contributed by atoms with E-state index in [1.54, 1.807) is 27.7 Å². The number of aromatic nitrogens is 5. The fourth-order valence-electron chi connectivity index (χ4n) is 5.37. The SMILES string of the molecule is Cc1nnc(-c2ccc(-n3c(/C(=C\N)Cc4ccccc4)nc4c(c3=O)CCN(C(=O)c3ccc(Br)c(Cl)c3)C4)cc2)n1C. The highest BCUT2D eigenvalue weighted by Crippen LogP contribution is 2.27. The second-order valence-corrected chi connectivity index (χ2v) is 11.9. The van der Waals surface area contributed by atoms with Gasteiger partial charge in [0, 0.05) is 52.9 Å². The van der Waals surface area contributed by atoms with E-state index in [1.165, 1.54) is 6.20 Å². The molecule has 0 radical (unpaired) electrons. The van der Waals surface area contributed by atoms with Crippen molar-refractivity contribution in [2.75, 3.05) is 6.54 Å². The molecule has 9 nitrogen and oxygen atoms in total. The number of hydrogen-bond donors (Lipinski definition) is 1. The molecule has 0 atom stereocenters. The Labute approximate surface area is 267 Å². The van der Waals surface area contributed by atoms with Gasteiger partial charge in [0.2, 0.25) is 0 Å². The van der Waals surface area contributed by atoms with Crippen molar-refractivity contribution in [2.24, 2.45) is 12.8 Å². The summed E-state index contributed by atoms with van der Waals surface area (Å²) in [5, 5.41) is 8.90. The summed E-state index contributed by atoms with van der Waals surface area (Å²) in [6, 6.07) is 22.6. The molecular formula is C33H29BrClN7O2. The van der Waals surface area contributed by atoms with Gasteiger partial charge in [0.25, 0.3) is 11.5 Å². The van der Waals surface area contributed by atoms with Crippen molar-refractivity contribution in [3.63, 3.8) is 0 Å². The Morgan fingerprint density at radius 3 is 2.48 bits per heavy atom. The zero-order valence-corrected chi connectivity index (χ0v) is 26.5. The molecule has 2 aromatic heterocycles. The monoisotopic (exact) mass is 669 g/mol. The highest BCUT2D eigenvalue weighted by atomic mass is 79.9. The first kappa shape index (κ1) is 29.5. The standard InChI is InChI=1S/C33H29BrClN7O2/c1-20-38-39-31(40(20)2)22-8-11-25(12-9-22)42-30(24(18-36)16-21-6-4-3-5-7-21)37-29-19-41(15-14-26(29)33(42)44)32(43)23-10-13-27(34)28(35)17-23/h3-13,17-18H,14-16,19,36H2,1-2H3/b24-18-. The molecule has 2 N–H and O–H groups in total. The number of carbonyl (C=O) groups is 1. The Balaban J connectivity index is 1.43. The van der Waals surface area contributed by atoms with Gasteiger partial charge < -0.3 is 15.2 Å². The van der Waals surface area contributed by atoms with E-state index in [-0.39, 0.29) is 18.0 Å². The van der Waals surface area contributed by atoms with Crippen LogP contribution < -0.4 is 11.3 Å². The lowest BCUT2D eigenvalue weighted by atomic mass is 10.0. The van der Waals surface area contributed by atoms with Gasteiger partial charge in [0.15, 0.2) is 5.82 Å². The first-order valence-electron chi connectivity index (χ1n) is 14.1. The molecule has 1 aliphatic rings. The van der Waals surface area contributed by atoms with Crippen LogP contribution in [0.3, 0.4) is 0 Å². The first-order valence-corrected chi connectivity index (χ1v) is 15.2. The third kappa shape index (κ3) is 5.58. The summed E-state index contributed by atoms with van der Waals surface area (Å²) < 4.78 is 4.25. The number of aryl methyl sites for hydroxylation is 1. The number of benzene rings is 3. The van der Waals surface area contributed by atoms with Gasteiger partial charge in [0.05, 0.1) is 22.9 Å². The fourth-order valence-corrected chi connectivity index (χ4v) is 5.80. The second-order valence-electron chi connectivity index (χ2n) is 10.6. The Bertz CT molecular complexity index is 1970. The maximum absolute atomic E-state index is 14.3. The van der Waals surface area contributed by atoms with Crippen molar-refractivity contribution in [2.45, 2.75) is 26.3 Å². The van der Waals surface area contributed by atoms with Gasteiger partial charge in [-0.2, -0.15) is 0 Å². The second kappa shape index (κ2) is 12.2. The van der Waals surface area contributed by atoms with Crippen molar-refractivity contribution >= 4 is 39.0 Å². The van der Waals surface area contributed by atoms with Crippen LogP contribution in [0.1, 0.15) is 38.8 Å². The lowest BCUT2D eigenvalue weighted by molar-refractivity contribution is 0.0731. The third-order valence-electron chi connectivity index (χ3n) is 7.89. The van der Waals surface area contributed by atoms with Gasteiger partial charge in [-0.25, -0.2) is 4.98 Å². The van der Waals surface area contributed by atoms with E-state index in [4.69, 9.17) is 22.3 Å². The van der Waals surface area contributed by atoms with Crippen LogP contribution in [0.15, 0.2) is 88.3 Å². The maximum Gasteiger partial charge on any atom is 0.261 e. The molecule has 3 aromatic carbocycles. The highest BCUT2D eigenvalue weighted by molar-refractivity contribution is 9.10. The van der Waals surface area contributed by atoms with Crippen molar-refractivity contribution in [1.82, 2.24) is 29.2 Å². The number of carbonyl (C=O) groups excluding carboxylic acids is 1. The molecule has 0 spiro atoms. The molecule has 0 unspecified atom stereocenters. The molecule has 3 heterocycles. The summed E-state index contributed by atoms with van der Waals surface area (Å²) in [7, 11) is 1.91. The summed E-state index contributed by atoms with van der Waals surface area (Å²) >= 11 is 9.64. The third-order valence-corrected chi connectivity index (χ3v) is 9.12. The van der Waals surface area contributed by atoms with Crippen LogP contribution in [-0.2, 0) is 26.4 Å². The van der Waals surface area contributed by atoms with Crippen molar-refractivity contribution in [1.29, 1.82) is 0 Å². The Morgan fingerprint density at radius 1 is 1.07 bits per heavy atom. The van der Waals surface area contributed by atoms with Crippen LogP contribution in [0.2, 0.25) is 5.02 Å². The van der Waals surface area contributed by atoms with E-state index >= 15 is 0 Å². The number of hydrogen-bond acceptors (Lipinski definition) is 6. The molecule has 0 bridgehead atoms. The largest absolute Gasteiger partial charge is 0.404 e. The summed E-state index contributed by atoms with van der Waals surface area (Å²) in [4.78, 5) is 34.4. The smallest absolute Gasteiger partial charge is 0.261 e. The minimum absolute atomic E-state index is 0.175. The number of halogens is 2. The predicted molar refractivity (Wildman–Crippen MR) is 174 cm³/mol. The summed E-state index contributed by atoms with van der Waals surface area (Å²) in [6.07, 6.45) is 2.34. The zero-order valence-electron chi connectivity index (χ0n) is 24.2. The molecule has 11 heteroatoms. The fraction of sp³-hybridized carbons (Fsp3) is 0.182. The van der Waals surface area contributed by atoms with Gasteiger partial charge in [-0.15, -0.1) is 10.2 Å². The molecule has 6 rings (SSSR count). The van der Waals surface area contributed by atoms with E-state index in [9.17, 15) is 9.59 Å². The molecule has 44 heavy (non-hydrogen) atoms. The Morgan fingerprint density at radius 2 is 1.82 bits per heavy atom. The van der Waals surface area contributed by atoms with E-state index in [2.05, 4.69) is 26.1 Å². The number of rotatable bonds is 6. The van der Waals surface area contributed by atoms with Gasteiger partial charge in [-0.3, -0.25) is 14.2 Å². The molecule has 0 aliphatic carbocycles. The van der Waals surface area contributed by atoms with Gasteiger partial charge in [0.1, 0.15) is 11.6 Å². The Hall–Kier alpha value is -4.54. The molecule has 1 aliphatic heterocycles. The average molecular weight is 671 g/mol. The van der Waals surface area contributed by atoms with Crippen LogP contribution >= 0.6 is 27.5 Å². The summed E-state index contributed by atoms with van der Waals surface area (Å²) in [6.45, 7) is 2.47. The molecule has 0 fully saturated rings. The number of allylic oxidation sites excluding steroid dienone is 1. The van der Waals surface area contributed by atoms with Crippen LogP contribution in [0.25, 0.3) is 22.6 Å². The number of fused-ring (bicyclic) bond motifs is 1. The molecule has 1 amide bonds. The number of amides is 1. The van der Waals surface area contributed by atoms with Crippen LogP contribution in [0.5, 0.6) is 0 Å². The van der Waals surface area contributed by atoms with E-state index in [0.29, 0.717) is 62.8 Å². The minimum Gasteiger partial charge on any atom is -0.404 e. The molecule has 222 valence electrons. The first-order chi connectivity index (χ1) is 21.2. The molecule has 5 aromatic rings. The normalized spacial score (nSPS) is 13.2. The predicted octanol–water partition coefficient (Wildman–Crippen LogP) is 5.49. The quantitative estimate of drug-likeness (QED) is 0.256. The van der Waals surface area contributed by atoms with E-state index in [0.717, 1.165) is 22.8 Å². The summed E-state index contributed by atoms with van der Waals surface area (Å²) in [5.74, 6) is 1.79. The molecule has 0 saturated carbocycles. The topological polar surface area (TPSA) is 112 Å². The van der Waals surface area contributed by atoms with Gasteiger partial charge in [-0.05, 0) is 77.3 Å². The maximum atomic E-state index is 14.3. The van der Waals surface area contributed by atoms with Crippen molar-refractivity contribution in [3.8, 4) is 17.1 Å². The van der Waals surface area contributed by atoms with Crippen LogP contribution in [-0.4, -0.2) is 41.7 Å². The zero-order chi connectivity index (χ0) is 31.0. The highest BCUT2D eigenvalue weighted by Gasteiger charge is 2.28. The molecule has 0 saturated heterocycles. The van der Waals surface area contributed by atoms with Gasteiger partial charge >= 0.3 is 0 Å². The molecular weight excluding hydrogens is 642 g/mol. The number of nitrogens with zero attached hydrogens (tertiary/aromatic N) is 6. The minimum atomic E-state index is -0.182. The number of nitrogens with two attached hydrogens (primary N) is 1. The van der Waals surface area contributed by atoms with Crippen LogP contribution in [0.4, 0.5) is 0 Å². The average Bonchev–Trinajstić information content (AvgIpc) is 3.38. The summed E-state index contributed by atoms with van der Waals surface area (Å²) in [5.41, 5.74) is 10.9. The van der Waals surface area contributed by atoms with Crippen molar-refractivity contribution in [3.05, 3.63) is 133 Å². The lowest BCUT2D eigenvalue weighted by Gasteiger charge is -2.29. The van der Waals surface area contributed by atoms with Crippen LogP contribution in [0, 0.1) is 6.92 Å². The lowest BCUT2D eigenvalue weighted by Crippen LogP contribution is -2.41. The van der Waals surface area contributed by atoms with Crippen molar-refractivity contribution < 1.29 is 4.79 Å². The Kier molecular flexibility index (Phi) is 8.20. The van der Waals surface area contributed by atoms with Gasteiger partial charge in [-0.1, -0.05) is 41.9 Å². The van der Waals surface area contributed by atoms with E-state index in [1.807, 2.05) is 73.1 Å².